The van der Waals surface area contributed by atoms with E-state index >= 15 is 0 Å². The largest absolute Gasteiger partial charge is 0.447 e. The molecule has 0 spiro atoms. The quantitative estimate of drug-likeness (QED) is 0.469. The maximum Gasteiger partial charge on any atom is 0.407 e. The van der Waals surface area contributed by atoms with E-state index in [0.717, 1.165) is 35.4 Å². The van der Waals surface area contributed by atoms with Crippen molar-refractivity contribution in [2.24, 2.45) is 0 Å². The third-order valence-corrected chi connectivity index (χ3v) is 8.37. The van der Waals surface area contributed by atoms with Crippen molar-refractivity contribution in [3.05, 3.63) is 33.9 Å². The number of halogens is 1. The Labute approximate surface area is 189 Å². The van der Waals surface area contributed by atoms with E-state index in [0.29, 0.717) is 5.92 Å². The maximum absolute atomic E-state index is 11.8. The molecule has 0 radical (unpaired) electrons. The zero-order valence-electron chi connectivity index (χ0n) is 16.8. The Bertz CT molecular complexity index is 858. The second-order valence-corrected chi connectivity index (χ2v) is 11.5. The summed E-state index contributed by atoms with van der Waals surface area (Å²) in [6.45, 7) is 3.74. The topological polar surface area (TPSA) is 51.2 Å². The molecule has 2 aliphatic rings. The van der Waals surface area contributed by atoms with Gasteiger partial charge in [0, 0.05) is 38.3 Å². The van der Waals surface area contributed by atoms with E-state index in [9.17, 15) is 4.79 Å². The van der Waals surface area contributed by atoms with Crippen molar-refractivity contribution in [3.8, 4) is 10.4 Å². The summed E-state index contributed by atoms with van der Waals surface area (Å²) in [5.41, 5.74) is 1.31. The summed E-state index contributed by atoms with van der Waals surface area (Å²) < 4.78 is 6.34. The van der Waals surface area contributed by atoms with E-state index in [1.807, 2.05) is 43.1 Å². The van der Waals surface area contributed by atoms with Gasteiger partial charge in [-0.3, -0.25) is 0 Å². The van der Waals surface area contributed by atoms with Crippen molar-refractivity contribution in [2.75, 3.05) is 0 Å². The first-order valence-corrected chi connectivity index (χ1v) is 12.9. The normalized spacial score (nSPS) is 21.9. The average Bonchev–Trinajstić information content (AvgIpc) is 3.35. The predicted molar refractivity (Wildman–Crippen MR) is 124 cm³/mol. The zero-order chi connectivity index (χ0) is 20.4. The van der Waals surface area contributed by atoms with Gasteiger partial charge in [-0.05, 0) is 64.5 Å². The van der Waals surface area contributed by atoms with Gasteiger partial charge in [0.25, 0.3) is 0 Å². The van der Waals surface area contributed by atoms with E-state index in [-0.39, 0.29) is 18.2 Å². The van der Waals surface area contributed by atoms with Gasteiger partial charge in [0.1, 0.15) is 0 Å². The first-order valence-electron chi connectivity index (χ1n) is 10.4. The van der Waals surface area contributed by atoms with E-state index in [1.54, 1.807) is 0 Å². The smallest absolute Gasteiger partial charge is 0.407 e. The van der Waals surface area contributed by atoms with Gasteiger partial charge in [-0.1, -0.05) is 22.0 Å². The van der Waals surface area contributed by atoms with Crippen LogP contribution in [-0.4, -0.2) is 28.5 Å². The molecule has 2 saturated carbocycles. The molecule has 1 aromatic heterocycles. The molecule has 1 heterocycles. The number of benzene rings is 1. The molecule has 29 heavy (non-hydrogen) atoms. The molecule has 1 aromatic carbocycles. The predicted octanol–water partition coefficient (Wildman–Crippen LogP) is 6.99. The lowest BCUT2D eigenvalue weighted by molar-refractivity contribution is 0.109. The number of thioether (sulfide) groups is 1. The van der Waals surface area contributed by atoms with Crippen LogP contribution in [0.25, 0.3) is 10.4 Å². The minimum absolute atomic E-state index is 0.0818. The summed E-state index contributed by atoms with van der Waals surface area (Å²) in [6, 6.07) is 6.79. The third kappa shape index (κ3) is 5.76. The van der Waals surface area contributed by atoms with Gasteiger partial charge in [-0.25, -0.2) is 9.78 Å². The van der Waals surface area contributed by atoms with Gasteiger partial charge in [0.15, 0.2) is 0 Å². The van der Waals surface area contributed by atoms with Crippen LogP contribution in [0, 0.1) is 0 Å². The number of nitrogens with zero attached hydrogens (tertiary/aromatic N) is 1. The van der Waals surface area contributed by atoms with Crippen LogP contribution in [0.3, 0.4) is 0 Å². The van der Waals surface area contributed by atoms with Crippen LogP contribution in [-0.2, 0) is 4.74 Å². The second-order valence-electron chi connectivity index (χ2n) is 8.17. The van der Waals surface area contributed by atoms with Crippen LogP contribution in [0.15, 0.2) is 33.8 Å². The number of rotatable bonds is 6. The number of alkyl carbamates (subject to hydrolysis) is 1. The molecule has 0 atom stereocenters. The van der Waals surface area contributed by atoms with Crippen molar-refractivity contribution in [2.45, 2.75) is 80.6 Å². The van der Waals surface area contributed by atoms with Crippen LogP contribution in [0.1, 0.15) is 63.3 Å². The monoisotopic (exact) mass is 494 g/mol. The van der Waals surface area contributed by atoms with Crippen molar-refractivity contribution in [1.29, 1.82) is 0 Å². The summed E-state index contributed by atoms with van der Waals surface area (Å²) in [5.74, 6) is 0.489. The van der Waals surface area contributed by atoms with E-state index in [4.69, 9.17) is 9.72 Å². The number of nitrogens with one attached hydrogen (secondary N) is 1. The Morgan fingerprint density at radius 1 is 1.24 bits per heavy atom. The maximum atomic E-state index is 11.8. The summed E-state index contributed by atoms with van der Waals surface area (Å²) in [7, 11) is 0. The fourth-order valence-electron chi connectivity index (χ4n) is 3.66. The fraction of sp³-hybridized carbons (Fsp3) is 0.545. The number of hydrogen-bond donors (Lipinski definition) is 1. The lowest BCUT2D eigenvalue weighted by atomic mass is 9.86. The molecule has 0 aliphatic heterocycles. The molecule has 1 amide bonds. The molecule has 2 aliphatic carbocycles. The Morgan fingerprint density at radius 2 is 2.00 bits per heavy atom. The van der Waals surface area contributed by atoms with Gasteiger partial charge in [-0.15, -0.1) is 23.1 Å². The summed E-state index contributed by atoms with van der Waals surface area (Å²) >= 11 is 7.45. The van der Waals surface area contributed by atoms with Crippen LogP contribution >= 0.6 is 39.0 Å². The number of carbonyl (C=O) groups is 1. The van der Waals surface area contributed by atoms with Crippen molar-refractivity contribution < 1.29 is 9.53 Å². The Kier molecular flexibility index (Phi) is 6.87. The molecule has 7 heteroatoms. The minimum Gasteiger partial charge on any atom is -0.447 e. The van der Waals surface area contributed by atoms with Crippen molar-refractivity contribution in [1.82, 2.24) is 10.3 Å². The van der Waals surface area contributed by atoms with Gasteiger partial charge >= 0.3 is 6.09 Å². The lowest BCUT2D eigenvalue weighted by Gasteiger charge is -2.28. The lowest BCUT2D eigenvalue weighted by Crippen LogP contribution is -2.38. The molecule has 0 unspecified atom stereocenters. The van der Waals surface area contributed by atoms with E-state index in [2.05, 4.69) is 39.4 Å². The molecule has 1 N–H and O–H groups in total. The van der Waals surface area contributed by atoms with Crippen molar-refractivity contribution in [3.63, 3.8) is 0 Å². The Morgan fingerprint density at radius 3 is 2.69 bits per heavy atom. The van der Waals surface area contributed by atoms with Crippen LogP contribution in [0.2, 0.25) is 0 Å². The summed E-state index contributed by atoms with van der Waals surface area (Å²) in [4.78, 5) is 19.2. The van der Waals surface area contributed by atoms with E-state index in [1.165, 1.54) is 33.2 Å². The zero-order valence-corrected chi connectivity index (χ0v) is 20.0. The average molecular weight is 496 g/mol. The molecule has 2 fully saturated rings. The number of hydrogen-bond acceptors (Lipinski definition) is 5. The number of carbonyl (C=O) groups excluding carboxylic acids is 1. The van der Waals surface area contributed by atoms with E-state index < -0.39 is 0 Å². The fourth-order valence-corrected chi connectivity index (χ4v) is 6.60. The molecule has 4 rings (SSSR count). The minimum atomic E-state index is -0.295. The Balaban J connectivity index is 1.38. The number of amides is 1. The molecule has 4 nitrogen and oxygen atoms in total. The van der Waals surface area contributed by atoms with Gasteiger partial charge in [0.2, 0.25) is 0 Å². The SMILES string of the molecule is CC(C)OC(=O)NC1CCC(c2ncc(-c3ccc(Br)cc3SC3CC3)s2)CC1. The highest BCUT2D eigenvalue weighted by molar-refractivity contribution is 9.10. The van der Waals surface area contributed by atoms with Crippen LogP contribution in [0.5, 0.6) is 0 Å². The first-order chi connectivity index (χ1) is 14.0. The number of aromatic nitrogens is 1. The number of ether oxygens (including phenoxy) is 1. The van der Waals surface area contributed by atoms with Crippen LogP contribution < -0.4 is 5.32 Å². The molecule has 0 saturated heterocycles. The molecule has 156 valence electrons. The summed E-state index contributed by atoms with van der Waals surface area (Å²) in [6.07, 6.45) is 8.40. The highest BCUT2D eigenvalue weighted by Crippen LogP contribution is 2.46. The highest BCUT2D eigenvalue weighted by atomic mass is 79.9. The molecular formula is C22H27BrN2O2S2. The van der Waals surface area contributed by atoms with Crippen molar-refractivity contribution >= 4 is 45.1 Å². The van der Waals surface area contributed by atoms with Gasteiger partial charge in [0.05, 0.1) is 16.0 Å². The number of thiazole rings is 1. The molecular weight excluding hydrogens is 468 g/mol. The molecule has 0 bridgehead atoms. The second kappa shape index (κ2) is 9.40. The highest BCUT2D eigenvalue weighted by Gasteiger charge is 2.27. The third-order valence-electron chi connectivity index (χ3n) is 5.29. The standard InChI is InChI=1S/C22H27BrN2O2S2/c1-13(2)27-22(26)25-16-6-3-14(4-7-16)21-24-12-20(29-21)18-10-5-15(23)11-19(18)28-17-8-9-17/h5,10-14,16-17H,3-4,6-9H2,1-2H3,(H,25,26). The van der Waals surface area contributed by atoms with Crippen LogP contribution in [0.4, 0.5) is 4.79 Å². The first kappa shape index (κ1) is 21.2. The summed E-state index contributed by atoms with van der Waals surface area (Å²) in [5, 5.41) is 5.01. The Hall–Kier alpha value is -1.05. The van der Waals surface area contributed by atoms with Gasteiger partial charge in [-0.2, -0.15) is 0 Å². The van der Waals surface area contributed by atoms with Gasteiger partial charge < -0.3 is 10.1 Å². The molecule has 2 aromatic rings.